The van der Waals surface area contributed by atoms with E-state index in [1.54, 1.807) is 12.1 Å². The van der Waals surface area contributed by atoms with Gasteiger partial charge in [0.15, 0.2) is 0 Å². The van der Waals surface area contributed by atoms with E-state index in [4.69, 9.17) is 5.73 Å². The van der Waals surface area contributed by atoms with Gasteiger partial charge >= 0.3 is 0 Å². The maximum absolute atomic E-state index is 13.4. The van der Waals surface area contributed by atoms with Crippen LogP contribution in [0.25, 0.3) is 0 Å². The Morgan fingerprint density at radius 2 is 2.06 bits per heavy atom. The number of unbranched alkanes of at least 4 members (excludes halogenated alkanes) is 1. The van der Waals surface area contributed by atoms with Crippen molar-refractivity contribution in [1.82, 2.24) is 4.90 Å². The van der Waals surface area contributed by atoms with Gasteiger partial charge in [0, 0.05) is 12.1 Å². The summed E-state index contributed by atoms with van der Waals surface area (Å²) < 4.78 is 13.4. The molecule has 2 unspecified atom stereocenters. The van der Waals surface area contributed by atoms with E-state index < -0.39 is 0 Å². The molecule has 0 aromatic heterocycles. The zero-order valence-corrected chi connectivity index (χ0v) is 11.7. The van der Waals surface area contributed by atoms with Crippen molar-refractivity contribution in [2.75, 3.05) is 13.1 Å². The average Bonchev–Trinajstić information content (AvgIpc) is 2.33. The summed E-state index contributed by atoms with van der Waals surface area (Å²) in [5, 5.41) is 0. The molecule has 18 heavy (non-hydrogen) atoms. The smallest absolute Gasteiger partial charge is 0.123 e. The Morgan fingerprint density at radius 1 is 1.33 bits per heavy atom. The monoisotopic (exact) mass is 252 g/mol. The molecule has 0 radical (unpaired) electrons. The van der Waals surface area contributed by atoms with Gasteiger partial charge < -0.3 is 5.73 Å². The number of halogens is 1. The van der Waals surface area contributed by atoms with Crippen molar-refractivity contribution in [3.05, 3.63) is 35.6 Å². The Kier molecular flexibility index (Phi) is 6.30. The lowest BCUT2D eigenvalue weighted by Gasteiger charge is -2.33. The molecule has 3 heteroatoms. The molecule has 0 aliphatic heterocycles. The maximum atomic E-state index is 13.4. The van der Waals surface area contributed by atoms with Gasteiger partial charge in [0.05, 0.1) is 0 Å². The van der Waals surface area contributed by atoms with E-state index in [0.717, 1.165) is 31.5 Å². The molecular weight excluding hydrogens is 227 g/mol. The Balaban J connectivity index is 2.93. The average molecular weight is 252 g/mol. The van der Waals surface area contributed by atoms with Gasteiger partial charge in [-0.25, -0.2) is 4.39 Å². The molecular formula is C15H25FN2. The van der Waals surface area contributed by atoms with Crippen LogP contribution in [0.4, 0.5) is 4.39 Å². The SMILES string of the molecule is CCCCN(CC)C(c1cccc(F)c1)C(C)N. The highest BCUT2D eigenvalue weighted by molar-refractivity contribution is 5.21. The largest absolute Gasteiger partial charge is 0.326 e. The summed E-state index contributed by atoms with van der Waals surface area (Å²) in [5.74, 6) is -0.190. The molecule has 0 amide bonds. The minimum absolute atomic E-state index is 0.0105. The molecule has 0 saturated carbocycles. The van der Waals surface area contributed by atoms with Gasteiger partial charge in [-0.05, 0) is 44.1 Å². The van der Waals surface area contributed by atoms with Crippen LogP contribution >= 0.6 is 0 Å². The summed E-state index contributed by atoms with van der Waals surface area (Å²) in [7, 11) is 0. The number of nitrogens with two attached hydrogens (primary N) is 1. The van der Waals surface area contributed by atoms with E-state index in [1.165, 1.54) is 6.07 Å². The summed E-state index contributed by atoms with van der Waals surface area (Å²) in [4.78, 5) is 2.34. The van der Waals surface area contributed by atoms with Crippen LogP contribution in [0.3, 0.4) is 0 Å². The molecule has 2 N–H and O–H groups in total. The van der Waals surface area contributed by atoms with Crippen LogP contribution in [-0.4, -0.2) is 24.0 Å². The fraction of sp³-hybridized carbons (Fsp3) is 0.600. The Hall–Kier alpha value is -0.930. The van der Waals surface area contributed by atoms with Gasteiger partial charge in [-0.3, -0.25) is 4.90 Å². The summed E-state index contributed by atoms with van der Waals surface area (Å²) >= 11 is 0. The van der Waals surface area contributed by atoms with Crippen molar-refractivity contribution in [1.29, 1.82) is 0 Å². The molecule has 0 saturated heterocycles. The normalized spacial score (nSPS) is 14.8. The number of rotatable bonds is 7. The van der Waals surface area contributed by atoms with Gasteiger partial charge in [0.1, 0.15) is 5.82 Å². The van der Waals surface area contributed by atoms with Gasteiger partial charge in [0.2, 0.25) is 0 Å². The molecule has 0 bridgehead atoms. The zero-order valence-electron chi connectivity index (χ0n) is 11.7. The lowest BCUT2D eigenvalue weighted by molar-refractivity contribution is 0.182. The quantitative estimate of drug-likeness (QED) is 0.806. The number of hydrogen-bond donors (Lipinski definition) is 1. The lowest BCUT2D eigenvalue weighted by Crippen LogP contribution is -2.40. The lowest BCUT2D eigenvalue weighted by atomic mass is 9.98. The fourth-order valence-corrected chi connectivity index (χ4v) is 2.39. The fourth-order valence-electron chi connectivity index (χ4n) is 2.39. The molecule has 2 atom stereocenters. The standard InChI is InChI=1S/C15H25FN2/c1-4-6-10-18(5-2)15(12(3)17)13-8-7-9-14(16)11-13/h7-9,11-12,15H,4-6,10,17H2,1-3H3. The van der Waals surface area contributed by atoms with E-state index >= 15 is 0 Å². The molecule has 0 fully saturated rings. The van der Waals surface area contributed by atoms with Crippen LogP contribution in [0.2, 0.25) is 0 Å². The first-order valence-corrected chi connectivity index (χ1v) is 6.85. The van der Waals surface area contributed by atoms with Crippen LogP contribution in [0.1, 0.15) is 45.2 Å². The highest BCUT2D eigenvalue weighted by Crippen LogP contribution is 2.24. The first kappa shape index (κ1) is 15.1. The summed E-state index contributed by atoms with van der Waals surface area (Å²) in [6, 6.07) is 6.88. The van der Waals surface area contributed by atoms with Gasteiger partial charge in [-0.15, -0.1) is 0 Å². The predicted molar refractivity (Wildman–Crippen MR) is 74.9 cm³/mol. The van der Waals surface area contributed by atoms with Crippen molar-refractivity contribution in [2.45, 2.75) is 45.7 Å². The van der Waals surface area contributed by atoms with E-state index in [-0.39, 0.29) is 17.9 Å². The highest BCUT2D eigenvalue weighted by atomic mass is 19.1. The summed E-state index contributed by atoms with van der Waals surface area (Å²) in [5.41, 5.74) is 7.08. The van der Waals surface area contributed by atoms with Gasteiger partial charge in [-0.2, -0.15) is 0 Å². The minimum atomic E-state index is -0.190. The van der Waals surface area contributed by atoms with E-state index in [1.807, 2.05) is 13.0 Å². The maximum Gasteiger partial charge on any atom is 0.123 e. The van der Waals surface area contributed by atoms with Crippen molar-refractivity contribution in [2.24, 2.45) is 5.73 Å². The van der Waals surface area contributed by atoms with E-state index in [9.17, 15) is 4.39 Å². The van der Waals surface area contributed by atoms with Crippen molar-refractivity contribution in [3.63, 3.8) is 0 Å². The molecule has 0 aliphatic rings. The molecule has 1 aromatic carbocycles. The predicted octanol–water partition coefficient (Wildman–Crippen LogP) is 3.34. The number of hydrogen-bond acceptors (Lipinski definition) is 2. The van der Waals surface area contributed by atoms with Crippen molar-refractivity contribution < 1.29 is 4.39 Å². The molecule has 0 heterocycles. The molecule has 2 nitrogen and oxygen atoms in total. The van der Waals surface area contributed by atoms with Crippen molar-refractivity contribution in [3.8, 4) is 0 Å². The van der Waals surface area contributed by atoms with Crippen LogP contribution < -0.4 is 5.73 Å². The first-order valence-electron chi connectivity index (χ1n) is 6.85. The van der Waals surface area contributed by atoms with E-state index in [0.29, 0.717) is 0 Å². The Bertz CT molecular complexity index is 352. The Morgan fingerprint density at radius 3 is 2.56 bits per heavy atom. The molecule has 0 aliphatic carbocycles. The molecule has 102 valence electrons. The number of nitrogens with zero attached hydrogens (tertiary/aromatic N) is 1. The molecule has 1 aromatic rings. The van der Waals surface area contributed by atoms with E-state index in [2.05, 4.69) is 18.7 Å². The summed E-state index contributed by atoms with van der Waals surface area (Å²) in [6.07, 6.45) is 2.30. The number of benzene rings is 1. The molecule has 0 spiro atoms. The van der Waals surface area contributed by atoms with Crippen LogP contribution in [0, 0.1) is 5.82 Å². The highest BCUT2D eigenvalue weighted by Gasteiger charge is 2.22. The van der Waals surface area contributed by atoms with Gasteiger partial charge in [-0.1, -0.05) is 32.4 Å². The van der Waals surface area contributed by atoms with Gasteiger partial charge in [0.25, 0.3) is 0 Å². The third-order valence-electron chi connectivity index (χ3n) is 3.29. The second-order valence-electron chi connectivity index (χ2n) is 4.84. The third-order valence-corrected chi connectivity index (χ3v) is 3.29. The van der Waals surface area contributed by atoms with Crippen LogP contribution in [-0.2, 0) is 0 Å². The minimum Gasteiger partial charge on any atom is -0.326 e. The second-order valence-corrected chi connectivity index (χ2v) is 4.84. The topological polar surface area (TPSA) is 29.3 Å². The third kappa shape index (κ3) is 4.07. The summed E-state index contributed by atoms with van der Waals surface area (Å²) in [6.45, 7) is 8.24. The first-order chi connectivity index (χ1) is 8.60. The van der Waals surface area contributed by atoms with Crippen molar-refractivity contribution >= 4 is 0 Å². The second kappa shape index (κ2) is 7.49. The van der Waals surface area contributed by atoms with Crippen LogP contribution in [0.5, 0.6) is 0 Å². The molecule has 1 rings (SSSR count). The van der Waals surface area contributed by atoms with Crippen LogP contribution in [0.15, 0.2) is 24.3 Å². The number of likely N-dealkylation sites (N-methyl/N-ethyl adjacent to an activating group) is 1. The Labute approximate surface area is 110 Å². The zero-order chi connectivity index (χ0) is 13.5.